The Morgan fingerprint density at radius 2 is 0.761 bits per heavy atom. The molecule has 0 aliphatic heterocycles. The molecule has 0 saturated heterocycles. The molecule has 0 atom stereocenters. The molecule has 5 aromatic carbocycles. The van der Waals surface area contributed by atoms with Crippen LogP contribution in [0, 0.1) is 20.8 Å². The van der Waals surface area contributed by atoms with Crippen LogP contribution in [0.1, 0.15) is 16.7 Å². The van der Waals surface area contributed by atoms with Crippen LogP contribution in [0.3, 0.4) is 0 Å². The predicted octanol–water partition coefficient (Wildman–Crippen LogP) is 6.62. The van der Waals surface area contributed by atoms with E-state index in [2.05, 4.69) is 0 Å². The second-order valence-electron chi connectivity index (χ2n) is 11.5. The van der Waals surface area contributed by atoms with E-state index in [1.807, 2.05) is 81.4 Å². The van der Waals surface area contributed by atoms with Gasteiger partial charge in [0, 0.05) is 7.05 Å². The number of fused-ring (bicyclic) bond motifs is 2. The van der Waals surface area contributed by atoms with Crippen LogP contribution in [0.25, 0.3) is 38.4 Å². The van der Waals surface area contributed by atoms with Crippen LogP contribution in [0.2, 0.25) is 0 Å². The number of benzene rings is 5. The molecule has 0 aliphatic rings. The van der Waals surface area contributed by atoms with E-state index in [0.29, 0.717) is 17.2 Å². The first-order valence-electron chi connectivity index (χ1n) is 14.7. The molecule has 0 aliphatic carbocycles. The molecule has 0 fully saturated rings. The average molecular weight is 609 g/mol. The fourth-order valence-electron chi connectivity index (χ4n) is 5.70. The third kappa shape index (κ3) is 4.62. The third-order valence-corrected chi connectivity index (χ3v) is 8.27. The van der Waals surface area contributed by atoms with Crippen molar-refractivity contribution in [1.29, 1.82) is 0 Å². The van der Waals surface area contributed by atoms with Gasteiger partial charge in [-0.1, -0.05) is 77.4 Å². The molecule has 2 heterocycles. The quantitative estimate of drug-likeness (QED) is 0.211. The Morgan fingerprint density at radius 1 is 0.435 bits per heavy atom. The summed E-state index contributed by atoms with van der Waals surface area (Å²) in [6.07, 6.45) is 0. The van der Waals surface area contributed by atoms with E-state index in [1.54, 1.807) is 36.4 Å². The molecular weight excluding hydrogens is 580 g/mol. The van der Waals surface area contributed by atoms with E-state index in [4.69, 9.17) is 9.47 Å². The molecule has 2 aromatic heterocycles. The summed E-state index contributed by atoms with van der Waals surface area (Å²) in [4.78, 5) is 55.9. The van der Waals surface area contributed by atoms with E-state index in [9.17, 15) is 19.2 Å². The van der Waals surface area contributed by atoms with Crippen LogP contribution in [-0.2, 0) is 7.05 Å². The lowest BCUT2D eigenvalue weighted by atomic mass is 10.0. The molecule has 0 unspecified atom stereocenters. The van der Waals surface area contributed by atoms with Crippen LogP contribution in [0.5, 0.6) is 23.0 Å². The SMILES string of the molecule is Cc1ccc(Oc2c3c(=O)n(C)c(=O)c3c(Oc3ccc(C)cc3)c3c(=O)n(-c4ccc(-c5ccc(C)cc5)cc4)c(=O)c23)cc1. The van der Waals surface area contributed by atoms with Crippen molar-refractivity contribution in [1.82, 2.24) is 9.13 Å². The molecule has 46 heavy (non-hydrogen) atoms. The lowest BCUT2D eigenvalue weighted by Gasteiger charge is -2.12. The zero-order valence-corrected chi connectivity index (χ0v) is 25.6. The summed E-state index contributed by atoms with van der Waals surface area (Å²) in [6, 6.07) is 29.1. The van der Waals surface area contributed by atoms with E-state index in [1.165, 1.54) is 7.05 Å². The molecule has 0 radical (unpaired) electrons. The normalized spacial score (nSPS) is 11.4. The van der Waals surface area contributed by atoms with Crippen molar-refractivity contribution >= 4 is 21.5 Å². The van der Waals surface area contributed by atoms with Crippen LogP contribution in [0.15, 0.2) is 116 Å². The molecule has 0 saturated carbocycles. The zero-order valence-electron chi connectivity index (χ0n) is 25.6. The summed E-state index contributed by atoms with van der Waals surface area (Å²) >= 11 is 0. The van der Waals surface area contributed by atoms with Gasteiger partial charge < -0.3 is 9.47 Å². The first-order valence-corrected chi connectivity index (χ1v) is 14.7. The zero-order chi connectivity index (χ0) is 32.3. The Morgan fingerprint density at radius 3 is 1.15 bits per heavy atom. The Balaban J connectivity index is 1.54. The van der Waals surface area contributed by atoms with Crippen molar-refractivity contribution in [2.45, 2.75) is 20.8 Å². The van der Waals surface area contributed by atoms with E-state index < -0.39 is 22.2 Å². The van der Waals surface area contributed by atoms with Crippen LogP contribution < -0.4 is 31.7 Å². The molecule has 0 amide bonds. The maximum atomic E-state index is 14.3. The van der Waals surface area contributed by atoms with Gasteiger partial charge in [0.05, 0.1) is 5.69 Å². The Hall–Kier alpha value is -6.02. The van der Waals surface area contributed by atoms with Gasteiger partial charge in [0.2, 0.25) is 0 Å². The van der Waals surface area contributed by atoms with Crippen molar-refractivity contribution in [3.05, 3.63) is 155 Å². The number of nitrogens with zero attached hydrogens (tertiary/aromatic N) is 2. The fraction of sp³-hybridized carbons (Fsp3) is 0.105. The molecule has 7 aromatic rings. The van der Waals surface area contributed by atoms with Gasteiger partial charge in [0.15, 0.2) is 11.5 Å². The number of hydrogen-bond donors (Lipinski definition) is 0. The van der Waals surface area contributed by atoms with Gasteiger partial charge in [-0.25, -0.2) is 4.57 Å². The van der Waals surface area contributed by atoms with Crippen LogP contribution in [0.4, 0.5) is 0 Å². The monoisotopic (exact) mass is 608 g/mol. The molecule has 0 N–H and O–H groups in total. The van der Waals surface area contributed by atoms with E-state index >= 15 is 0 Å². The molecule has 8 nitrogen and oxygen atoms in total. The van der Waals surface area contributed by atoms with Gasteiger partial charge >= 0.3 is 0 Å². The standard InChI is InChI=1S/C38H28N2O6/c1-21-5-11-24(12-6-21)25-13-15-26(16-14-25)40-37(43)31-32(38(40)44)34(46-28-19-9-23(3)10-20-28)30-29(35(41)39(4)36(30)42)33(31)45-27-17-7-22(2)8-18-27/h5-20H,1-4H3. The summed E-state index contributed by atoms with van der Waals surface area (Å²) in [6.45, 7) is 5.84. The Bertz CT molecular complexity index is 2370. The van der Waals surface area contributed by atoms with Gasteiger partial charge in [0.25, 0.3) is 22.2 Å². The number of aromatic nitrogens is 2. The van der Waals surface area contributed by atoms with Crippen molar-refractivity contribution in [2.75, 3.05) is 0 Å². The van der Waals surface area contributed by atoms with Gasteiger partial charge in [-0.05, 0) is 68.3 Å². The minimum Gasteiger partial charge on any atom is -0.456 e. The summed E-state index contributed by atoms with van der Waals surface area (Å²) in [5.74, 6) is 0.339. The molecule has 8 heteroatoms. The molecule has 7 rings (SSSR count). The first kappa shape index (κ1) is 28.7. The summed E-state index contributed by atoms with van der Waals surface area (Å²) < 4.78 is 14.4. The third-order valence-electron chi connectivity index (χ3n) is 8.27. The highest BCUT2D eigenvalue weighted by Gasteiger charge is 2.31. The summed E-state index contributed by atoms with van der Waals surface area (Å²) in [7, 11) is 1.34. The highest BCUT2D eigenvalue weighted by Crippen LogP contribution is 2.41. The largest absolute Gasteiger partial charge is 0.456 e. The summed E-state index contributed by atoms with van der Waals surface area (Å²) in [5, 5.41) is -0.561. The predicted molar refractivity (Wildman–Crippen MR) is 180 cm³/mol. The van der Waals surface area contributed by atoms with Crippen molar-refractivity contribution in [2.24, 2.45) is 7.05 Å². The Labute approximate surface area is 262 Å². The number of rotatable bonds is 6. The fourth-order valence-corrected chi connectivity index (χ4v) is 5.70. The van der Waals surface area contributed by atoms with E-state index in [-0.39, 0.29) is 33.0 Å². The smallest absolute Gasteiger partial charge is 0.270 e. The highest BCUT2D eigenvalue weighted by molar-refractivity contribution is 6.11. The lowest BCUT2D eigenvalue weighted by Crippen LogP contribution is -2.23. The minimum absolute atomic E-state index is 0.133. The van der Waals surface area contributed by atoms with Crippen molar-refractivity contribution in [3.8, 4) is 39.8 Å². The van der Waals surface area contributed by atoms with Gasteiger partial charge in [-0.2, -0.15) is 0 Å². The molecule has 226 valence electrons. The van der Waals surface area contributed by atoms with E-state index in [0.717, 1.165) is 37.0 Å². The summed E-state index contributed by atoms with van der Waals surface area (Å²) in [5.41, 5.74) is 2.57. The van der Waals surface area contributed by atoms with Crippen LogP contribution >= 0.6 is 0 Å². The molecule has 0 bridgehead atoms. The molecule has 0 spiro atoms. The minimum atomic E-state index is -0.698. The average Bonchev–Trinajstić information content (AvgIpc) is 3.45. The van der Waals surface area contributed by atoms with Crippen molar-refractivity contribution < 1.29 is 9.47 Å². The number of aryl methyl sites for hydroxylation is 3. The maximum absolute atomic E-state index is 14.3. The lowest BCUT2D eigenvalue weighted by molar-refractivity contribution is 0.485. The number of ether oxygens (including phenoxy) is 2. The second-order valence-corrected chi connectivity index (χ2v) is 11.5. The second kappa shape index (κ2) is 10.9. The van der Waals surface area contributed by atoms with Gasteiger partial charge in [-0.15, -0.1) is 0 Å². The van der Waals surface area contributed by atoms with Crippen LogP contribution in [-0.4, -0.2) is 9.13 Å². The maximum Gasteiger partial charge on any atom is 0.270 e. The van der Waals surface area contributed by atoms with Gasteiger partial charge in [-0.3, -0.25) is 23.7 Å². The van der Waals surface area contributed by atoms with Gasteiger partial charge in [0.1, 0.15) is 33.0 Å². The topological polar surface area (TPSA) is 96.6 Å². The van der Waals surface area contributed by atoms with Crippen molar-refractivity contribution in [3.63, 3.8) is 0 Å². The number of hydrogen-bond acceptors (Lipinski definition) is 6. The first-order chi connectivity index (χ1) is 22.1. The Kier molecular flexibility index (Phi) is 6.78. The molecular formula is C38H28N2O6. The highest BCUT2D eigenvalue weighted by atomic mass is 16.5.